The van der Waals surface area contributed by atoms with Crippen molar-refractivity contribution in [3.63, 3.8) is 0 Å². The Bertz CT molecular complexity index is 691. The van der Waals surface area contributed by atoms with E-state index in [4.69, 9.17) is 4.74 Å². The van der Waals surface area contributed by atoms with Crippen LogP contribution >= 0.6 is 23.5 Å². The molecule has 6 fully saturated rings. The lowest BCUT2D eigenvalue weighted by atomic mass is 9.83. The fourth-order valence-corrected chi connectivity index (χ4v) is 9.91. The van der Waals surface area contributed by atoms with Crippen LogP contribution in [-0.2, 0) is 4.74 Å². The summed E-state index contributed by atoms with van der Waals surface area (Å²) in [6.45, 7) is 35.0. The third-order valence-electron chi connectivity index (χ3n) is 11.6. The van der Waals surface area contributed by atoms with E-state index in [-0.39, 0.29) is 0 Å². The Balaban J connectivity index is 0.000000294. The molecule has 0 aromatic rings. The van der Waals surface area contributed by atoms with E-state index in [1.165, 1.54) is 152 Å². The predicted octanol–water partition coefficient (Wildman–Crippen LogP) is 13.1. The zero-order valence-electron chi connectivity index (χ0n) is 35.6. The summed E-state index contributed by atoms with van der Waals surface area (Å²) in [4.78, 5) is 0. The van der Waals surface area contributed by atoms with Gasteiger partial charge in [-0.25, -0.2) is 0 Å². The number of hydrogen-bond donors (Lipinski definition) is 2. The van der Waals surface area contributed by atoms with Gasteiger partial charge in [0, 0.05) is 19.8 Å². The van der Waals surface area contributed by atoms with Crippen LogP contribution in [0.2, 0.25) is 0 Å². The maximum atomic E-state index is 5.21. The molecule has 1 saturated carbocycles. The SMILES string of the molecule is CC1(C)CCCCCC1.CC1(C)CCCCNC1.CC1(C)CCNCC1.CC1(C)CCOCC1.CC1(C)CCSC1.CC1(C)CCSCC1. The topological polar surface area (TPSA) is 33.3 Å². The van der Waals surface area contributed by atoms with Crippen molar-refractivity contribution < 1.29 is 4.74 Å². The highest BCUT2D eigenvalue weighted by Gasteiger charge is 2.24. The third kappa shape index (κ3) is 27.8. The Labute approximate surface area is 318 Å². The zero-order valence-corrected chi connectivity index (χ0v) is 37.2. The van der Waals surface area contributed by atoms with E-state index in [1.807, 2.05) is 0 Å². The van der Waals surface area contributed by atoms with Crippen molar-refractivity contribution in [3.05, 3.63) is 0 Å². The molecule has 0 unspecified atom stereocenters. The van der Waals surface area contributed by atoms with Gasteiger partial charge in [-0.15, -0.1) is 0 Å². The fraction of sp³-hybridized carbons (Fsp3) is 1.00. The highest BCUT2D eigenvalue weighted by atomic mass is 32.2. The van der Waals surface area contributed by atoms with E-state index in [0.29, 0.717) is 32.5 Å². The molecule has 5 aliphatic heterocycles. The number of hydrogen-bond acceptors (Lipinski definition) is 5. The van der Waals surface area contributed by atoms with Gasteiger partial charge in [-0.05, 0) is 146 Å². The van der Waals surface area contributed by atoms with Crippen molar-refractivity contribution in [2.75, 3.05) is 62.4 Å². The average molecular weight is 727 g/mol. The van der Waals surface area contributed by atoms with Crippen molar-refractivity contribution in [1.82, 2.24) is 10.6 Å². The first-order valence-electron chi connectivity index (χ1n) is 20.9. The number of thioether (sulfide) groups is 2. The standard InChI is InChI=1S/C9H18.C8H17N.C7H15N.C7H14O.C7H14S.C6H12S/c1-9(2)7-5-3-4-6-8-9;1-8(2)5-3-4-6-9-7-8;3*1-7(2)3-5-8-6-4-7;1-6(2)3-4-7-5-6/h3-8H2,1-2H3;9H,3-7H2,1-2H3;8H,3-6H2,1-2H3;2*3-6H2,1-2H3;3-5H2,1-2H3. The van der Waals surface area contributed by atoms with Gasteiger partial charge >= 0.3 is 0 Å². The van der Waals surface area contributed by atoms with Crippen molar-refractivity contribution in [3.8, 4) is 0 Å². The van der Waals surface area contributed by atoms with E-state index >= 15 is 0 Å². The molecule has 0 radical (unpaired) electrons. The second kappa shape index (κ2) is 24.1. The van der Waals surface area contributed by atoms with Gasteiger partial charge in [-0.3, -0.25) is 0 Å². The lowest BCUT2D eigenvalue weighted by molar-refractivity contribution is 0.0327. The minimum atomic E-state index is 0.552. The minimum Gasteiger partial charge on any atom is -0.381 e. The maximum Gasteiger partial charge on any atom is 0.0471 e. The van der Waals surface area contributed by atoms with E-state index in [1.54, 1.807) is 0 Å². The van der Waals surface area contributed by atoms with Gasteiger partial charge in [0.1, 0.15) is 0 Å². The van der Waals surface area contributed by atoms with Gasteiger partial charge in [0.2, 0.25) is 0 Å². The molecule has 0 bridgehead atoms. The molecule has 0 aromatic heterocycles. The molecule has 0 aromatic carbocycles. The first-order valence-corrected chi connectivity index (χ1v) is 23.2. The molecule has 49 heavy (non-hydrogen) atoms. The Morgan fingerprint density at radius 1 is 0.367 bits per heavy atom. The summed E-state index contributed by atoms with van der Waals surface area (Å²) in [5.74, 6) is 5.51. The molecule has 0 atom stereocenters. The summed E-state index contributed by atoms with van der Waals surface area (Å²) in [7, 11) is 0. The summed E-state index contributed by atoms with van der Waals surface area (Å²) in [6.07, 6.45) is 22.3. The van der Waals surface area contributed by atoms with Gasteiger partial charge in [0.05, 0.1) is 0 Å². The number of nitrogens with one attached hydrogen (secondary N) is 2. The van der Waals surface area contributed by atoms with Gasteiger partial charge in [0.25, 0.3) is 0 Å². The lowest BCUT2D eigenvalue weighted by Crippen LogP contribution is -2.32. The van der Waals surface area contributed by atoms with Crippen LogP contribution in [0.25, 0.3) is 0 Å². The molecule has 6 aliphatic rings. The van der Waals surface area contributed by atoms with E-state index < -0.39 is 0 Å². The van der Waals surface area contributed by atoms with Gasteiger partial charge < -0.3 is 15.4 Å². The lowest BCUT2D eigenvalue weighted by Gasteiger charge is -2.29. The molecule has 0 spiro atoms. The first kappa shape index (κ1) is 47.6. The second-order valence-electron chi connectivity index (χ2n) is 20.8. The predicted molar refractivity (Wildman–Crippen MR) is 228 cm³/mol. The number of rotatable bonds is 0. The summed E-state index contributed by atoms with van der Waals surface area (Å²) >= 11 is 4.18. The van der Waals surface area contributed by atoms with Crippen LogP contribution in [0, 0.1) is 32.5 Å². The molecule has 6 rings (SSSR count). The van der Waals surface area contributed by atoms with Crippen LogP contribution in [0.15, 0.2) is 0 Å². The van der Waals surface area contributed by atoms with Gasteiger partial charge in [-0.1, -0.05) is 115 Å². The summed E-state index contributed by atoms with van der Waals surface area (Å²) in [6, 6.07) is 0. The van der Waals surface area contributed by atoms with Crippen molar-refractivity contribution in [2.45, 2.75) is 186 Å². The summed E-state index contributed by atoms with van der Waals surface area (Å²) < 4.78 is 5.21. The van der Waals surface area contributed by atoms with Gasteiger partial charge in [0.15, 0.2) is 0 Å². The molecule has 294 valence electrons. The Kier molecular flexibility index (Phi) is 23.4. The van der Waals surface area contributed by atoms with E-state index in [0.717, 1.165) is 13.2 Å². The maximum absolute atomic E-state index is 5.21. The summed E-state index contributed by atoms with van der Waals surface area (Å²) in [5.41, 5.74) is 3.70. The Morgan fingerprint density at radius 2 is 0.796 bits per heavy atom. The molecule has 2 N–H and O–H groups in total. The quantitative estimate of drug-likeness (QED) is 0.243. The van der Waals surface area contributed by atoms with Crippen molar-refractivity contribution >= 4 is 23.5 Å². The smallest absolute Gasteiger partial charge is 0.0471 e. The van der Waals surface area contributed by atoms with E-state index in [2.05, 4.69) is 117 Å². The highest BCUT2D eigenvalue weighted by molar-refractivity contribution is 7.99. The third-order valence-corrected chi connectivity index (χ3v) is 14.0. The highest BCUT2D eigenvalue weighted by Crippen LogP contribution is 2.35. The zero-order chi connectivity index (χ0) is 36.9. The van der Waals surface area contributed by atoms with Crippen LogP contribution in [0.4, 0.5) is 0 Å². The molecule has 5 heterocycles. The molecular formula is C44H90N2OS2. The first-order chi connectivity index (χ1) is 22.7. The van der Waals surface area contributed by atoms with Crippen molar-refractivity contribution in [2.24, 2.45) is 32.5 Å². The van der Waals surface area contributed by atoms with Crippen LogP contribution in [0.1, 0.15) is 186 Å². The molecule has 1 aliphatic carbocycles. The molecule has 5 saturated heterocycles. The normalized spacial score (nSPS) is 27.7. The number of piperidine rings is 1. The van der Waals surface area contributed by atoms with Crippen molar-refractivity contribution in [1.29, 1.82) is 0 Å². The summed E-state index contributed by atoms with van der Waals surface area (Å²) in [5, 5.41) is 6.78. The minimum absolute atomic E-state index is 0.552. The van der Waals surface area contributed by atoms with Crippen LogP contribution in [0.3, 0.4) is 0 Å². The molecule has 5 heteroatoms. The average Bonchev–Trinajstić information content (AvgIpc) is 3.15. The van der Waals surface area contributed by atoms with Gasteiger partial charge in [-0.2, -0.15) is 23.5 Å². The Hall–Kier alpha value is 0.580. The molecule has 3 nitrogen and oxygen atoms in total. The largest absolute Gasteiger partial charge is 0.381 e. The Morgan fingerprint density at radius 3 is 1.16 bits per heavy atom. The fourth-order valence-electron chi connectivity index (χ4n) is 6.77. The van der Waals surface area contributed by atoms with Crippen LogP contribution in [0.5, 0.6) is 0 Å². The monoisotopic (exact) mass is 727 g/mol. The number of ether oxygens (including phenoxy) is 1. The molecular weight excluding hydrogens is 637 g/mol. The van der Waals surface area contributed by atoms with Crippen LogP contribution in [-0.4, -0.2) is 62.4 Å². The second-order valence-corrected chi connectivity index (χ2v) is 23.1. The van der Waals surface area contributed by atoms with Crippen LogP contribution < -0.4 is 10.6 Å². The molecule has 0 amide bonds. The van der Waals surface area contributed by atoms with E-state index in [9.17, 15) is 0 Å².